The normalized spacial score (nSPS) is 14.3. The van der Waals surface area contributed by atoms with E-state index in [1.165, 1.54) is 30.3 Å². The average molecular weight is 399 g/mol. The molecular weight excluding hydrogens is 377 g/mol. The van der Waals surface area contributed by atoms with E-state index in [0.717, 1.165) is 5.56 Å². The van der Waals surface area contributed by atoms with E-state index in [4.69, 9.17) is 5.11 Å². The summed E-state index contributed by atoms with van der Waals surface area (Å²) in [4.78, 5) is 37.2. The Morgan fingerprint density at radius 1 is 1.07 bits per heavy atom. The minimum absolute atomic E-state index is 0.172. The lowest BCUT2D eigenvalue weighted by atomic mass is 9.96. The molecular formula is C21H22FN3O4. The third kappa shape index (κ3) is 5.54. The molecule has 1 aliphatic rings. The number of rotatable bonds is 5. The molecule has 0 spiro atoms. The van der Waals surface area contributed by atoms with Gasteiger partial charge in [0, 0.05) is 31.2 Å². The Kier molecular flexibility index (Phi) is 6.43. The van der Waals surface area contributed by atoms with Crippen molar-refractivity contribution in [1.29, 1.82) is 0 Å². The SMILES string of the molecule is O=C(O)c1ccc(CNC(=O)N2CCC(C(=O)Nc3cccc(F)c3)CC2)cc1. The predicted molar refractivity (Wildman–Crippen MR) is 105 cm³/mol. The van der Waals surface area contributed by atoms with Gasteiger partial charge in [0.05, 0.1) is 5.56 Å². The number of nitrogens with one attached hydrogen (secondary N) is 2. The van der Waals surface area contributed by atoms with Crippen LogP contribution in [0.5, 0.6) is 0 Å². The minimum atomic E-state index is -0.995. The summed E-state index contributed by atoms with van der Waals surface area (Å²) < 4.78 is 13.2. The summed E-state index contributed by atoms with van der Waals surface area (Å²) in [6.07, 6.45) is 1.06. The molecule has 8 heteroatoms. The maximum Gasteiger partial charge on any atom is 0.335 e. The summed E-state index contributed by atoms with van der Waals surface area (Å²) in [6, 6.07) is 11.8. The van der Waals surface area contributed by atoms with Gasteiger partial charge in [-0.25, -0.2) is 14.0 Å². The molecule has 7 nitrogen and oxygen atoms in total. The fourth-order valence-corrected chi connectivity index (χ4v) is 3.21. The maximum atomic E-state index is 13.2. The van der Waals surface area contributed by atoms with E-state index in [2.05, 4.69) is 10.6 Å². The molecule has 3 rings (SSSR count). The van der Waals surface area contributed by atoms with E-state index in [1.54, 1.807) is 23.1 Å². The summed E-state index contributed by atoms with van der Waals surface area (Å²) >= 11 is 0. The van der Waals surface area contributed by atoms with Crippen molar-refractivity contribution < 1.29 is 23.9 Å². The zero-order valence-corrected chi connectivity index (χ0v) is 15.7. The number of carbonyl (C=O) groups excluding carboxylic acids is 2. The highest BCUT2D eigenvalue weighted by atomic mass is 19.1. The Balaban J connectivity index is 1.44. The molecule has 152 valence electrons. The molecule has 1 heterocycles. The van der Waals surface area contributed by atoms with Gasteiger partial charge >= 0.3 is 12.0 Å². The molecule has 3 amide bonds. The number of likely N-dealkylation sites (tertiary alicyclic amines) is 1. The van der Waals surface area contributed by atoms with Gasteiger partial charge < -0.3 is 20.6 Å². The van der Waals surface area contributed by atoms with Crippen LogP contribution in [-0.4, -0.2) is 41.0 Å². The lowest BCUT2D eigenvalue weighted by Gasteiger charge is -2.31. The largest absolute Gasteiger partial charge is 0.478 e. The summed E-state index contributed by atoms with van der Waals surface area (Å²) in [5.41, 5.74) is 1.41. The second-order valence-corrected chi connectivity index (χ2v) is 6.92. The quantitative estimate of drug-likeness (QED) is 0.720. The first-order chi connectivity index (χ1) is 13.9. The first-order valence-corrected chi connectivity index (χ1v) is 9.34. The van der Waals surface area contributed by atoms with Crippen molar-refractivity contribution in [2.75, 3.05) is 18.4 Å². The molecule has 1 fully saturated rings. The first kappa shape index (κ1) is 20.3. The topological polar surface area (TPSA) is 98.7 Å². The molecule has 0 saturated carbocycles. The van der Waals surface area contributed by atoms with E-state index in [0.29, 0.717) is 38.2 Å². The number of piperidine rings is 1. The van der Waals surface area contributed by atoms with E-state index in [1.807, 2.05) is 0 Å². The van der Waals surface area contributed by atoms with Gasteiger partial charge in [-0.05, 0) is 48.7 Å². The number of anilines is 1. The molecule has 1 aliphatic heterocycles. The Morgan fingerprint density at radius 2 is 1.76 bits per heavy atom. The monoisotopic (exact) mass is 399 g/mol. The number of hydrogen-bond donors (Lipinski definition) is 3. The highest BCUT2D eigenvalue weighted by Gasteiger charge is 2.27. The second kappa shape index (κ2) is 9.18. The number of hydrogen-bond acceptors (Lipinski definition) is 3. The fraction of sp³-hybridized carbons (Fsp3) is 0.286. The molecule has 0 radical (unpaired) electrons. The fourth-order valence-electron chi connectivity index (χ4n) is 3.21. The molecule has 0 aromatic heterocycles. The van der Waals surface area contributed by atoms with Crippen molar-refractivity contribution in [2.45, 2.75) is 19.4 Å². The summed E-state index contributed by atoms with van der Waals surface area (Å²) in [6.45, 7) is 1.19. The third-order valence-corrected chi connectivity index (χ3v) is 4.89. The van der Waals surface area contributed by atoms with Crippen LogP contribution in [0.3, 0.4) is 0 Å². The third-order valence-electron chi connectivity index (χ3n) is 4.89. The van der Waals surface area contributed by atoms with Gasteiger partial charge in [0.2, 0.25) is 5.91 Å². The van der Waals surface area contributed by atoms with E-state index in [9.17, 15) is 18.8 Å². The Morgan fingerprint density at radius 3 is 2.38 bits per heavy atom. The maximum absolute atomic E-state index is 13.2. The van der Waals surface area contributed by atoms with Gasteiger partial charge in [-0.3, -0.25) is 4.79 Å². The smallest absolute Gasteiger partial charge is 0.335 e. The Bertz CT molecular complexity index is 893. The summed E-state index contributed by atoms with van der Waals surface area (Å²) in [5, 5.41) is 14.4. The number of urea groups is 1. The van der Waals surface area contributed by atoms with Crippen molar-refractivity contribution in [3.63, 3.8) is 0 Å². The van der Waals surface area contributed by atoms with Gasteiger partial charge in [-0.2, -0.15) is 0 Å². The van der Waals surface area contributed by atoms with Crippen LogP contribution in [0.25, 0.3) is 0 Å². The first-order valence-electron chi connectivity index (χ1n) is 9.34. The Hall–Kier alpha value is -3.42. The standard InChI is InChI=1S/C21H22FN3O4/c22-17-2-1-3-18(12-17)24-19(26)15-8-10-25(11-9-15)21(29)23-13-14-4-6-16(7-5-14)20(27)28/h1-7,12,15H,8-11,13H2,(H,23,29)(H,24,26)(H,27,28). The van der Waals surface area contributed by atoms with E-state index >= 15 is 0 Å². The van der Waals surface area contributed by atoms with Gasteiger partial charge in [-0.1, -0.05) is 18.2 Å². The van der Waals surface area contributed by atoms with Crippen LogP contribution >= 0.6 is 0 Å². The summed E-state index contributed by atoms with van der Waals surface area (Å²) in [5.74, 6) is -1.81. The van der Waals surface area contributed by atoms with Crippen molar-refractivity contribution in [3.8, 4) is 0 Å². The van der Waals surface area contributed by atoms with Crippen LogP contribution in [0.1, 0.15) is 28.8 Å². The van der Waals surface area contributed by atoms with Crippen LogP contribution in [0.4, 0.5) is 14.9 Å². The van der Waals surface area contributed by atoms with E-state index < -0.39 is 11.8 Å². The number of nitrogens with zero attached hydrogens (tertiary/aromatic N) is 1. The van der Waals surface area contributed by atoms with Crippen molar-refractivity contribution in [2.24, 2.45) is 5.92 Å². The molecule has 29 heavy (non-hydrogen) atoms. The van der Waals surface area contributed by atoms with Crippen LogP contribution in [0.2, 0.25) is 0 Å². The van der Waals surface area contributed by atoms with Crippen molar-refractivity contribution >= 4 is 23.6 Å². The Labute approximate surface area is 167 Å². The number of amides is 3. The van der Waals surface area contributed by atoms with Gasteiger partial charge in [0.25, 0.3) is 0 Å². The van der Waals surface area contributed by atoms with Crippen molar-refractivity contribution in [3.05, 3.63) is 65.5 Å². The molecule has 2 aromatic rings. The second-order valence-electron chi connectivity index (χ2n) is 6.92. The van der Waals surface area contributed by atoms with Crippen LogP contribution < -0.4 is 10.6 Å². The zero-order chi connectivity index (χ0) is 20.8. The molecule has 3 N–H and O–H groups in total. The number of benzene rings is 2. The van der Waals surface area contributed by atoms with Crippen LogP contribution in [-0.2, 0) is 11.3 Å². The molecule has 0 atom stereocenters. The highest BCUT2D eigenvalue weighted by Crippen LogP contribution is 2.20. The number of halogens is 1. The molecule has 0 bridgehead atoms. The number of carboxylic acids is 1. The summed E-state index contributed by atoms with van der Waals surface area (Å²) in [7, 11) is 0. The van der Waals surface area contributed by atoms with Gasteiger partial charge in [-0.15, -0.1) is 0 Å². The molecule has 1 saturated heterocycles. The average Bonchev–Trinajstić information content (AvgIpc) is 2.72. The van der Waals surface area contributed by atoms with Gasteiger partial charge in [0.15, 0.2) is 0 Å². The van der Waals surface area contributed by atoms with Crippen LogP contribution in [0, 0.1) is 11.7 Å². The van der Waals surface area contributed by atoms with Crippen LogP contribution in [0.15, 0.2) is 48.5 Å². The van der Waals surface area contributed by atoms with Crippen molar-refractivity contribution in [1.82, 2.24) is 10.2 Å². The van der Waals surface area contributed by atoms with Gasteiger partial charge in [0.1, 0.15) is 5.82 Å². The molecule has 2 aromatic carbocycles. The number of aromatic carboxylic acids is 1. The predicted octanol–water partition coefficient (Wildman–Crippen LogP) is 3.08. The minimum Gasteiger partial charge on any atom is -0.478 e. The molecule has 0 aliphatic carbocycles. The highest BCUT2D eigenvalue weighted by molar-refractivity contribution is 5.92. The number of carboxylic acid groups (broad SMARTS) is 1. The lowest BCUT2D eigenvalue weighted by Crippen LogP contribution is -2.45. The lowest BCUT2D eigenvalue weighted by molar-refractivity contribution is -0.121. The zero-order valence-electron chi connectivity index (χ0n) is 15.7. The van der Waals surface area contributed by atoms with E-state index in [-0.39, 0.29) is 23.4 Å². The molecule has 0 unspecified atom stereocenters. The number of carbonyl (C=O) groups is 3.